The lowest BCUT2D eigenvalue weighted by Crippen LogP contribution is -2.11. The van der Waals surface area contributed by atoms with Crippen LogP contribution in [0, 0.1) is 22.9 Å². The number of benzene rings is 2. The highest BCUT2D eigenvalue weighted by atomic mass is 32.1. The average molecular weight is 371 g/mol. The number of hydrogen-bond donors (Lipinski definition) is 1. The van der Waals surface area contributed by atoms with Crippen molar-refractivity contribution < 1.29 is 14.1 Å². The number of carbonyl (C=O) groups excluding carboxylic acids is 1. The smallest absolute Gasteiger partial charge is 0.269 e. The molecule has 0 bridgehead atoms. The zero-order valence-corrected chi connectivity index (χ0v) is 14.5. The number of rotatable bonds is 5. The van der Waals surface area contributed by atoms with E-state index < -0.39 is 10.8 Å². The molecule has 0 saturated carbocycles. The van der Waals surface area contributed by atoms with Crippen molar-refractivity contribution in [3.63, 3.8) is 0 Å². The maximum atomic E-state index is 13.8. The molecule has 0 unspecified atom stereocenters. The van der Waals surface area contributed by atoms with E-state index in [0.717, 1.165) is 10.6 Å². The van der Waals surface area contributed by atoms with E-state index in [4.69, 9.17) is 0 Å². The number of halogens is 1. The Hall–Kier alpha value is -3.13. The number of non-ortho nitro benzene ring substituents is 1. The topological polar surface area (TPSA) is 85.1 Å². The van der Waals surface area contributed by atoms with Crippen LogP contribution in [0.1, 0.15) is 26.5 Å². The van der Waals surface area contributed by atoms with Crippen LogP contribution in [-0.2, 0) is 6.42 Å². The third-order valence-corrected chi connectivity index (χ3v) is 4.84. The highest BCUT2D eigenvalue weighted by Gasteiger charge is 2.14. The molecule has 0 spiro atoms. The summed E-state index contributed by atoms with van der Waals surface area (Å²) in [6.45, 7) is 1.80. The van der Waals surface area contributed by atoms with Gasteiger partial charge in [-0.2, -0.15) is 0 Å². The third-order valence-electron chi connectivity index (χ3n) is 3.76. The number of amides is 1. The second-order valence-corrected chi connectivity index (χ2v) is 6.64. The summed E-state index contributed by atoms with van der Waals surface area (Å²) in [4.78, 5) is 27.5. The molecule has 0 aliphatic carbocycles. The van der Waals surface area contributed by atoms with Crippen LogP contribution in [0.25, 0.3) is 0 Å². The minimum absolute atomic E-state index is 0.0844. The molecule has 1 aromatic heterocycles. The molecule has 0 saturated heterocycles. The van der Waals surface area contributed by atoms with Gasteiger partial charge in [0.05, 0.1) is 10.6 Å². The molecule has 0 aliphatic heterocycles. The molecule has 8 heteroatoms. The number of nitrogens with zero attached hydrogens (tertiary/aromatic N) is 2. The maximum absolute atomic E-state index is 13.8. The molecule has 1 heterocycles. The third kappa shape index (κ3) is 3.92. The predicted molar refractivity (Wildman–Crippen MR) is 97.1 cm³/mol. The summed E-state index contributed by atoms with van der Waals surface area (Å²) in [5.74, 6) is -0.692. The lowest BCUT2D eigenvalue weighted by atomic mass is 10.1. The Kier molecular flexibility index (Phi) is 5.04. The monoisotopic (exact) mass is 371 g/mol. The zero-order valence-electron chi connectivity index (χ0n) is 13.7. The first kappa shape index (κ1) is 17.7. The molecule has 132 valence electrons. The minimum Gasteiger partial charge on any atom is -0.298 e. The van der Waals surface area contributed by atoms with Gasteiger partial charge in [-0.1, -0.05) is 18.2 Å². The zero-order chi connectivity index (χ0) is 18.7. The Bertz CT molecular complexity index is 970. The average Bonchev–Trinajstić information content (AvgIpc) is 2.96. The second-order valence-electron chi connectivity index (χ2n) is 5.55. The van der Waals surface area contributed by atoms with Gasteiger partial charge in [0, 0.05) is 29.0 Å². The molecule has 2 aromatic carbocycles. The minimum atomic E-state index is -0.527. The van der Waals surface area contributed by atoms with Crippen molar-refractivity contribution in [2.45, 2.75) is 13.3 Å². The summed E-state index contributed by atoms with van der Waals surface area (Å²) in [5, 5.41) is 13.7. The Labute approximate surface area is 152 Å². The summed E-state index contributed by atoms with van der Waals surface area (Å²) in [5.41, 5.74) is 1.49. The van der Waals surface area contributed by atoms with Gasteiger partial charge in [-0.3, -0.25) is 20.2 Å². The van der Waals surface area contributed by atoms with Crippen molar-refractivity contribution in [2.75, 3.05) is 5.32 Å². The number of aromatic nitrogens is 1. The lowest BCUT2D eigenvalue weighted by molar-refractivity contribution is -0.384. The van der Waals surface area contributed by atoms with Crippen LogP contribution in [-0.4, -0.2) is 15.8 Å². The van der Waals surface area contributed by atoms with Gasteiger partial charge in [0.25, 0.3) is 11.6 Å². The van der Waals surface area contributed by atoms with Crippen LogP contribution >= 0.6 is 11.3 Å². The highest BCUT2D eigenvalue weighted by Crippen LogP contribution is 2.26. The second kappa shape index (κ2) is 7.40. The van der Waals surface area contributed by atoms with Gasteiger partial charge < -0.3 is 0 Å². The van der Waals surface area contributed by atoms with Crippen LogP contribution in [0.2, 0.25) is 0 Å². The standard InChI is InChI=1S/C18H14FN3O3S/c1-11-16(10-13-4-2-3-5-15(13)19)26-18(20-11)21-17(23)12-6-8-14(9-7-12)22(24)25/h2-9H,10H2,1H3,(H,20,21,23). The molecule has 3 rings (SSSR count). The molecular weight excluding hydrogens is 357 g/mol. The van der Waals surface area contributed by atoms with Gasteiger partial charge in [0.15, 0.2) is 5.13 Å². The van der Waals surface area contributed by atoms with Gasteiger partial charge in [-0.05, 0) is 30.7 Å². The SMILES string of the molecule is Cc1nc(NC(=O)c2ccc([N+](=O)[O-])cc2)sc1Cc1ccccc1F. The highest BCUT2D eigenvalue weighted by molar-refractivity contribution is 7.15. The molecule has 6 nitrogen and oxygen atoms in total. The van der Waals surface area contributed by atoms with Gasteiger partial charge in [0.2, 0.25) is 0 Å². The quantitative estimate of drug-likeness (QED) is 0.534. The van der Waals surface area contributed by atoms with Crippen LogP contribution in [0.4, 0.5) is 15.2 Å². The summed E-state index contributed by atoms with van der Waals surface area (Å²) in [6.07, 6.45) is 0.392. The van der Waals surface area contributed by atoms with E-state index in [1.54, 1.807) is 25.1 Å². The van der Waals surface area contributed by atoms with E-state index in [9.17, 15) is 19.3 Å². The van der Waals surface area contributed by atoms with E-state index in [2.05, 4.69) is 10.3 Å². The number of carbonyl (C=O) groups is 1. The van der Waals surface area contributed by atoms with Crippen LogP contribution in [0.5, 0.6) is 0 Å². The summed E-state index contributed by atoms with van der Waals surface area (Å²) < 4.78 is 13.8. The number of anilines is 1. The van der Waals surface area contributed by atoms with Crippen molar-refractivity contribution in [3.8, 4) is 0 Å². The van der Waals surface area contributed by atoms with E-state index in [1.807, 2.05) is 0 Å². The van der Waals surface area contributed by atoms with Crippen molar-refractivity contribution in [3.05, 3.63) is 86.2 Å². The number of nitrogens with one attached hydrogen (secondary N) is 1. The fourth-order valence-electron chi connectivity index (χ4n) is 2.36. The van der Waals surface area contributed by atoms with Gasteiger partial charge in [-0.15, -0.1) is 11.3 Å². The molecule has 0 fully saturated rings. The molecule has 0 atom stereocenters. The molecule has 1 N–H and O–H groups in total. The normalized spacial score (nSPS) is 10.5. The fourth-order valence-corrected chi connectivity index (χ4v) is 3.34. The summed E-state index contributed by atoms with van der Waals surface area (Å²) in [7, 11) is 0. The van der Waals surface area contributed by atoms with Crippen molar-refractivity contribution in [1.82, 2.24) is 4.98 Å². The number of hydrogen-bond acceptors (Lipinski definition) is 5. The van der Waals surface area contributed by atoms with Gasteiger partial charge in [0.1, 0.15) is 5.82 Å². The largest absolute Gasteiger partial charge is 0.298 e. The van der Waals surface area contributed by atoms with Crippen LogP contribution in [0.15, 0.2) is 48.5 Å². The number of aryl methyl sites for hydroxylation is 1. The molecule has 3 aromatic rings. The van der Waals surface area contributed by atoms with E-state index in [-0.39, 0.29) is 11.5 Å². The first-order valence-corrected chi connectivity index (χ1v) is 8.51. The number of thiazole rings is 1. The first-order chi connectivity index (χ1) is 12.4. The predicted octanol–water partition coefficient (Wildman–Crippen LogP) is 4.34. The molecule has 0 aliphatic rings. The number of nitro benzene ring substituents is 1. The van der Waals surface area contributed by atoms with E-state index in [0.29, 0.717) is 22.7 Å². The van der Waals surface area contributed by atoms with Crippen molar-refractivity contribution in [2.24, 2.45) is 0 Å². The van der Waals surface area contributed by atoms with E-state index >= 15 is 0 Å². The summed E-state index contributed by atoms with van der Waals surface area (Å²) >= 11 is 1.28. The fraction of sp³-hybridized carbons (Fsp3) is 0.111. The van der Waals surface area contributed by atoms with Crippen LogP contribution < -0.4 is 5.32 Å². The van der Waals surface area contributed by atoms with Crippen molar-refractivity contribution in [1.29, 1.82) is 0 Å². The summed E-state index contributed by atoms with van der Waals surface area (Å²) in [6, 6.07) is 11.8. The Morgan fingerprint density at radius 3 is 2.58 bits per heavy atom. The van der Waals surface area contributed by atoms with Crippen LogP contribution in [0.3, 0.4) is 0 Å². The maximum Gasteiger partial charge on any atom is 0.269 e. The van der Waals surface area contributed by atoms with Gasteiger partial charge in [-0.25, -0.2) is 9.37 Å². The molecule has 0 radical (unpaired) electrons. The Morgan fingerprint density at radius 2 is 1.92 bits per heavy atom. The Morgan fingerprint density at radius 1 is 1.23 bits per heavy atom. The first-order valence-electron chi connectivity index (χ1n) is 7.69. The van der Waals surface area contributed by atoms with E-state index in [1.165, 1.54) is 41.7 Å². The van der Waals surface area contributed by atoms with Gasteiger partial charge >= 0.3 is 0 Å². The van der Waals surface area contributed by atoms with Crippen molar-refractivity contribution >= 4 is 28.1 Å². The Balaban J connectivity index is 1.73. The molecular formula is C18H14FN3O3S. The molecule has 26 heavy (non-hydrogen) atoms. The number of nitro groups is 1. The lowest BCUT2D eigenvalue weighted by Gasteiger charge is -2.01. The molecule has 1 amide bonds.